The van der Waals surface area contributed by atoms with Gasteiger partial charge in [0.2, 0.25) is 0 Å². The third kappa shape index (κ3) is 4.76. The maximum Gasteiger partial charge on any atom is 0.319 e. The SMILES string of the molecule is CN(C)C(=O)c1cc(NC(=O)NCc2cccc(OC3CC3)c2F)ccc1F. The molecule has 0 spiro atoms. The first-order chi connectivity index (χ1) is 13.3. The Labute approximate surface area is 161 Å². The number of nitrogens with zero attached hydrogens (tertiary/aromatic N) is 1. The predicted molar refractivity (Wildman–Crippen MR) is 100 cm³/mol. The van der Waals surface area contributed by atoms with E-state index in [0.29, 0.717) is 0 Å². The molecule has 0 radical (unpaired) electrons. The molecular formula is C20H21F2N3O3. The molecule has 28 heavy (non-hydrogen) atoms. The summed E-state index contributed by atoms with van der Waals surface area (Å²) >= 11 is 0. The molecule has 0 aromatic heterocycles. The van der Waals surface area contributed by atoms with E-state index in [1.54, 1.807) is 18.2 Å². The minimum Gasteiger partial charge on any atom is -0.487 e. The van der Waals surface area contributed by atoms with Crippen LogP contribution in [0.5, 0.6) is 5.75 Å². The Hall–Kier alpha value is -3.16. The molecule has 3 rings (SSSR count). The van der Waals surface area contributed by atoms with Gasteiger partial charge in [0.15, 0.2) is 11.6 Å². The monoisotopic (exact) mass is 389 g/mol. The van der Waals surface area contributed by atoms with Crippen LogP contribution < -0.4 is 15.4 Å². The zero-order valence-electron chi connectivity index (χ0n) is 15.6. The normalized spacial score (nSPS) is 13.0. The summed E-state index contributed by atoms with van der Waals surface area (Å²) in [5.41, 5.74) is 0.380. The number of ether oxygens (including phenoxy) is 1. The second-order valence-corrected chi connectivity index (χ2v) is 6.75. The van der Waals surface area contributed by atoms with Gasteiger partial charge in [0.1, 0.15) is 5.82 Å². The van der Waals surface area contributed by atoms with Gasteiger partial charge in [-0.15, -0.1) is 0 Å². The van der Waals surface area contributed by atoms with Crippen LogP contribution >= 0.6 is 0 Å². The van der Waals surface area contributed by atoms with E-state index in [4.69, 9.17) is 4.74 Å². The Bertz CT molecular complexity index is 898. The van der Waals surface area contributed by atoms with Crippen LogP contribution in [0.1, 0.15) is 28.8 Å². The predicted octanol–water partition coefficient (Wildman–Crippen LogP) is 3.53. The summed E-state index contributed by atoms with van der Waals surface area (Å²) in [7, 11) is 3.01. The smallest absolute Gasteiger partial charge is 0.319 e. The molecule has 0 unspecified atom stereocenters. The van der Waals surface area contributed by atoms with Crippen molar-refractivity contribution in [1.29, 1.82) is 0 Å². The highest BCUT2D eigenvalue weighted by Crippen LogP contribution is 2.29. The van der Waals surface area contributed by atoms with Gasteiger partial charge in [0.05, 0.1) is 11.7 Å². The van der Waals surface area contributed by atoms with E-state index in [0.717, 1.165) is 18.9 Å². The maximum absolute atomic E-state index is 14.4. The standard InChI is InChI=1S/C20H21F2N3O3/c1-25(2)19(26)15-10-13(6-9-16(15)21)24-20(27)23-11-12-4-3-5-17(18(12)22)28-14-7-8-14/h3-6,9-10,14H,7-8,11H2,1-2H3,(H2,23,24,27). The molecule has 2 N–H and O–H groups in total. The van der Waals surface area contributed by atoms with Crippen LogP contribution in [-0.4, -0.2) is 37.0 Å². The van der Waals surface area contributed by atoms with Crippen molar-refractivity contribution < 1.29 is 23.1 Å². The highest BCUT2D eigenvalue weighted by atomic mass is 19.1. The minimum atomic E-state index is -0.681. The lowest BCUT2D eigenvalue weighted by Gasteiger charge is -2.13. The van der Waals surface area contributed by atoms with Crippen LogP contribution in [0, 0.1) is 11.6 Å². The molecule has 1 aliphatic rings. The number of hydrogen-bond donors (Lipinski definition) is 2. The lowest BCUT2D eigenvalue weighted by atomic mass is 10.1. The van der Waals surface area contributed by atoms with Gasteiger partial charge < -0.3 is 20.3 Å². The molecule has 8 heteroatoms. The number of benzene rings is 2. The summed E-state index contributed by atoms with van der Waals surface area (Å²) in [5, 5.41) is 5.04. The van der Waals surface area contributed by atoms with Crippen molar-refractivity contribution in [3.05, 3.63) is 59.2 Å². The average molecular weight is 389 g/mol. The molecular weight excluding hydrogens is 368 g/mol. The number of hydrogen-bond acceptors (Lipinski definition) is 3. The van der Waals surface area contributed by atoms with E-state index in [-0.39, 0.29) is 35.2 Å². The fourth-order valence-electron chi connectivity index (χ4n) is 2.51. The van der Waals surface area contributed by atoms with Crippen LogP contribution in [0.15, 0.2) is 36.4 Å². The van der Waals surface area contributed by atoms with Crippen molar-refractivity contribution >= 4 is 17.6 Å². The molecule has 2 aromatic rings. The van der Waals surface area contributed by atoms with Gasteiger partial charge in [-0.25, -0.2) is 13.6 Å². The molecule has 0 bridgehead atoms. The van der Waals surface area contributed by atoms with Crippen LogP contribution in [0.2, 0.25) is 0 Å². The lowest BCUT2D eigenvalue weighted by molar-refractivity contribution is 0.0823. The average Bonchev–Trinajstić information content (AvgIpc) is 3.47. The second kappa shape index (κ2) is 8.24. The first kappa shape index (κ1) is 19.6. The van der Waals surface area contributed by atoms with Crippen LogP contribution in [-0.2, 0) is 6.54 Å². The zero-order chi connectivity index (χ0) is 20.3. The molecule has 0 atom stereocenters. The Kier molecular flexibility index (Phi) is 5.77. The molecule has 0 aliphatic heterocycles. The van der Waals surface area contributed by atoms with Crippen molar-refractivity contribution in [3.8, 4) is 5.75 Å². The van der Waals surface area contributed by atoms with Gasteiger partial charge in [-0.1, -0.05) is 12.1 Å². The summed E-state index contributed by atoms with van der Waals surface area (Å²) in [6.45, 7) is -0.0514. The quantitative estimate of drug-likeness (QED) is 0.794. The third-order valence-electron chi connectivity index (χ3n) is 4.16. The van der Waals surface area contributed by atoms with Crippen LogP contribution in [0.4, 0.5) is 19.3 Å². The van der Waals surface area contributed by atoms with Gasteiger partial charge in [-0.2, -0.15) is 0 Å². The van der Waals surface area contributed by atoms with Gasteiger partial charge in [0, 0.05) is 31.9 Å². The molecule has 1 fully saturated rings. The largest absolute Gasteiger partial charge is 0.487 e. The van der Waals surface area contributed by atoms with Crippen molar-refractivity contribution in [2.24, 2.45) is 0 Å². The van der Waals surface area contributed by atoms with Gasteiger partial charge in [-0.3, -0.25) is 4.79 Å². The Morgan fingerprint density at radius 3 is 2.61 bits per heavy atom. The highest BCUT2D eigenvalue weighted by molar-refractivity contribution is 5.96. The molecule has 3 amide bonds. The number of carbonyl (C=O) groups excluding carboxylic acids is 2. The summed E-state index contributed by atoms with van der Waals surface area (Å²) in [6, 6.07) is 7.86. The van der Waals surface area contributed by atoms with Crippen molar-refractivity contribution in [3.63, 3.8) is 0 Å². The Morgan fingerprint density at radius 2 is 1.93 bits per heavy atom. The van der Waals surface area contributed by atoms with E-state index in [2.05, 4.69) is 10.6 Å². The second-order valence-electron chi connectivity index (χ2n) is 6.75. The highest BCUT2D eigenvalue weighted by Gasteiger charge is 2.25. The molecule has 0 heterocycles. The van der Waals surface area contributed by atoms with E-state index >= 15 is 0 Å². The number of urea groups is 1. The first-order valence-corrected chi connectivity index (χ1v) is 8.85. The zero-order valence-corrected chi connectivity index (χ0v) is 15.6. The fourth-order valence-corrected chi connectivity index (χ4v) is 2.51. The number of halogens is 2. The molecule has 1 saturated carbocycles. The summed E-state index contributed by atoms with van der Waals surface area (Å²) in [5.74, 6) is -1.53. The number of amides is 3. The number of nitrogens with one attached hydrogen (secondary N) is 2. The Balaban J connectivity index is 1.62. The molecule has 1 aliphatic carbocycles. The van der Waals surface area contributed by atoms with Crippen molar-refractivity contribution in [2.75, 3.05) is 19.4 Å². The number of anilines is 1. The number of carbonyl (C=O) groups is 2. The van der Waals surface area contributed by atoms with E-state index in [1.165, 1.54) is 31.1 Å². The van der Waals surface area contributed by atoms with Gasteiger partial charge in [-0.05, 0) is 37.1 Å². The third-order valence-corrected chi connectivity index (χ3v) is 4.16. The first-order valence-electron chi connectivity index (χ1n) is 8.85. The van der Waals surface area contributed by atoms with Crippen LogP contribution in [0.3, 0.4) is 0 Å². The fraction of sp³-hybridized carbons (Fsp3) is 0.300. The molecule has 148 valence electrons. The van der Waals surface area contributed by atoms with E-state index in [9.17, 15) is 18.4 Å². The van der Waals surface area contributed by atoms with Crippen LogP contribution in [0.25, 0.3) is 0 Å². The Morgan fingerprint density at radius 1 is 1.18 bits per heavy atom. The summed E-state index contributed by atoms with van der Waals surface area (Å²) in [4.78, 5) is 25.3. The topological polar surface area (TPSA) is 70.7 Å². The maximum atomic E-state index is 14.4. The lowest BCUT2D eigenvalue weighted by Crippen LogP contribution is -2.29. The minimum absolute atomic E-state index is 0.0514. The molecule has 0 saturated heterocycles. The van der Waals surface area contributed by atoms with E-state index < -0.39 is 23.6 Å². The molecule has 6 nitrogen and oxygen atoms in total. The van der Waals surface area contributed by atoms with E-state index in [1.807, 2.05) is 0 Å². The van der Waals surface area contributed by atoms with Gasteiger partial charge in [0.25, 0.3) is 5.91 Å². The van der Waals surface area contributed by atoms with Crippen molar-refractivity contribution in [2.45, 2.75) is 25.5 Å². The summed E-state index contributed by atoms with van der Waals surface area (Å²) < 4.78 is 33.7. The summed E-state index contributed by atoms with van der Waals surface area (Å²) in [6.07, 6.45) is 1.90. The van der Waals surface area contributed by atoms with Gasteiger partial charge >= 0.3 is 6.03 Å². The number of rotatable bonds is 6. The molecule has 2 aromatic carbocycles. The van der Waals surface area contributed by atoms with Crippen molar-refractivity contribution in [1.82, 2.24) is 10.2 Å².